The molecule has 2 aromatic rings. The second-order valence-electron chi connectivity index (χ2n) is 7.81. The van der Waals surface area contributed by atoms with E-state index in [1.807, 2.05) is 0 Å². The zero-order chi connectivity index (χ0) is 31.1. The molecule has 2 fully saturated rings. The van der Waals surface area contributed by atoms with Crippen LogP contribution in [0.15, 0.2) is 37.4 Å². The van der Waals surface area contributed by atoms with E-state index in [0.717, 1.165) is 0 Å². The second kappa shape index (κ2) is 16.4. The Bertz CT molecular complexity index is 1160. The highest BCUT2D eigenvalue weighted by atomic mass is 16.9. The molecule has 4 heterocycles. The van der Waals surface area contributed by atoms with Crippen molar-refractivity contribution in [3.63, 3.8) is 0 Å². The standard InChI is InChI=1S/C9H8N2O7.C7H6N4O.C4H6O3.C3H6O/c12-5-1-2-6(13)10(5)17-9(16)18-11-7(14)3-4-8(11)15;12-7(10-3-1-8-5-10)11-4-2-9-6-11;1-3(5)7-4(2)6;1-3(2)4/h1-4H2;1-6H;1-2H3;1-2H3. The number of imide groups is 2. The summed E-state index contributed by atoms with van der Waals surface area (Å²) in [5, 5.41) is 0.515. The van der Waals surface area contributed by atoms with E-state index in [-0.39, 0.29) is 47.6 Å². The van der Waals surface area contributed by atoms with Crippen LogP contribution in [0.4, 0.5) is 9.59 Å². The average Bonchev–Trinajstić information content (AvgIpc) is 3.68. The van der Waals surface area contributed by atoms with Crippen molar-refractivity contribution in [1.82, 2.24) is 29.2 Å². The van der Waals surface area contributed by atoms with Gasteiger partial charge in [-0.15, -0.1) is 0 Å². The van der Waals surface area contributed by atoms with E-state index in [0.29, 0.717) is 0 Å². The van der Waals surface area contributed by atoms with Crippen molar-refractivity contribution in [1.29, 1.82) is 0 Å². The number of ether oxygens (including phenoxy) is 1. The molecule has 18 heteroatoms. The lowest BCUT2D eigenvalue weighted by Gasteiger charge is -2.15. The van der Waals surface area contributed by atoms with Crippen molar-refractivity contribution in [2.45, 2.75) is 53.4 Å². The number of carbonyl (C=O) groups excluding carboxylic acids is 9. The number of amides is 4. The number of nitrogens with zero attached hydrogens (tertiary/aromatic N) is 6. The molecule has 0 atom stereocenters. The molecule has 2 aliphatic rings. The molecule has 0 aliphatic carbocycles. The second-order valence-corrected chi connectivity index (χ2v) is 7.81. The number of rotatable bonds is 2. The van der Waals surface area contributed by atoms with E-state index in [1.54, 1.807) is 24.8 Å². The third kappa shape index (κ3) is 12.2. The van der Waals surface area contributed by atoms with E-state index >= 15 is 0 Å². The zero-order valence-corrected chi connectivity index (χ0v) is 22.4. The van der Waals surface area contributed by atoms with Crippen molar-refractivity contribution >= 4 is 53.5 Å². The van der Waals surface area contributed by atoms with Gasteiger partial charge in [-0.05, 0) is 13.8 Å². The summed E-state index contributed by atoms with van der Waals surface area (Å²) in [5.41, 5.74) is 0. The lowest BCUT2D eigenvalue weighted by Crippen LogP contribution is -2.37. The van der Waals surface area contributed by atoms with Crippen molar-refractivity contribution in [2.24, 2.45) is 0 Å². The number of hydrogen-bond donors (Lipinski definition) is 0. The van der Waals surface area contributed by atoms with Crippen LogP contribution in [-0.4, -0.2) is 82.8 Å². The van der Waals surface area contributed by atoms with Gasteiger partial charge in [0.15, 0.2) is 0 Å². The minimum absolute atomic E-state index is 0.0618. The van der Waals surface area contributed by atoms with E-state index in [1.165, 1.54) is 49.5 Å². The number of ketones is 1. The van der Waals surface area contributed by atoms with Gasteiger partial charge in [-0.2, -0.15) is 4.79 Å². The molecule has 0 bridgehead atoms. The highest BCUT2D eigenvalue weighted by Gasteiger charge is 2.37. The van der Waals surface area contributed by atoms with Crippen LogP contribution in [0.1, 0.15) is 53.4 Å². The summed E-state index contributed by atoms with van der Waals surface area (Å²) >= 11 is 0. The summed E-state index contributed by atoms with van der Waals surface area (Å²) in [4.78, 5) is 112. The number of esters is 2. The molecule has 4 rings (SSSR count). The normalized spacial score (nSPS) is 13.6. The molecule has 2 aliphatic heterocycles. The van der Waals surface area contributed by atoms with Crippen molar-refractivity contribution in [2.75, 3.05) is 0 Å². The predicted octanol–water partition coefficient (Wildman–Crippen LogP) is 0.555. The van der Waals surface area contributed by atoms with E-state index in [4.69, 9.17) is 0 Å². The van der Waals surface area contributed by atoms with Gasteiger partial charge in [0.25, 0.3) is 23.6 Å². The van der Waals surface area contributed by atoms with Gasteiger partial charge in [-0.25, -0.2) is 14.8 Å². The predicted molar refractivity (Wildman–Crippen MR) is 129 cm³/mol. The summed E-state index contributed by atoms with van der Waals surface area (Å²) < 4.78 is 6.73. The summed E-state index contributed by atoms with van der Waals surface area (Å²) in [6.45, 7) is 5.42. The molecular weight excluding hydrogens is 552 g/mol. The molecule has 2 aromatic heterocycles. The number of hydrogen-bond acceptors (Lipinski definition) is 14. The van der Waals surface area contributed by atoms with Crippen LogP contribution in [0.3, 0.4) is 0 Å². The highest BCUT2D eigenvalue weighted by molar-refractivity contribution is 6.02. The van der Waals surface area contributed by atoms with Crippen LogP contribution in [0.25, 0.3) is 0 Å². The quantitative estimate of drug-likeness (QED) is 0.270. The van der Waals surface area contributed by atoms with Crippen LogP contribution < -0.4 is 0 Å². The van der Waals surface area contributed by atoms with Crippen LogP contribution in [0, 0.1) is 0 Å². The molecule has 41 heavy (non-hydrogen) atoms. The van der Waals surface area contributed by atoms with Crippen molar-refractivity contribution in [3.8, 4) is 0 Å². The summed E-state index contributed by atoms with van der Waals surface area (Å²) in [6.07, 6.45) is 7.43. The Hall–Kier alpha value is -5.55. The van der Waals surface area contributed by atoms with Gasteiger partial charge in [0.05, 0.1) is 0 Å². The molecule has 4 amide bonds. The van der Waals surface area contributed by atoms with Crippen LogP contribution >= 0.6 is 0 Å². The molecule has 0 saturated carbocycles. The topological polar surface area (TPSA) is 223 Å². The Labute approximate surface area is 231 Å². The molecular formula is C23H26N6O12. The number of imidazole rings is 2. The van der Waals surface area contributed by atoms with Crippen LogP contribution in [0.5, 0.6) is 0 Å². The maximum Gasteiger partial charge on any atom is 0.560 e. The smallest absolute Gasteiger partial charge is 0.394 e. The summed E-state index contributed by atoms with van der Waals surface area (Å²) in [5.74, 6) is -3.70. The molecule has 0 aromatic carbocycles. The van der Waals surface area contributed by atoms with E-state index < -0.39 is 41.7 Å². The van der Waals surface area contributed by atoms with E-state index in [2.05, 4.69) is 24.4 Å². The molecule has 2 saturated heterocycles. The lowest BCUT2D eigenvalue weighted by atomic mass is 10.4. The van der Waals surface area contributed by atoms with Gasteiger partial charge < -0.3 is 9.53 Å². The Kier molecular flexibility index (Phi) is 13.4. The minimum atomic E-state index is -1.48. The Morgan fingerprint density at radius 2 is 0.951 bits per heavy atom. The van der Waals surface area contributed by atoms with Crippen LogP contribution in [-0.2, 0) is 48.0 Å². The fourth-order valence-corrected chi connectivity index (χ4v) is 2.56. The number of aromatic nitrogens is 4. The van der Waals surface area contributed by atoms with Gasteiger partial charge in [0.2, 0.25) is 0 Å². The fraction of sp³-hybridized carbons (Fsp3) is 0.348. The Balaban J connectivity index is 0.000000314. The fourth-order valence-electron chi connectivity index (χ4n) is 2.56. The molecule has 0 radical (unpaired) electrons. The molecule has 0 N–H and O–H groups in total. The lowest BCUT2D eigenvalue weighted by molar-refractivity contribution is -0.198. The first-order chi connectivity index (χ1) is 19.2. The van der Waals surface area contributed by atoms with Gasteiger partial charge in [0.1, 0.15) is 18.4 Å². The highest BCUT2D eigenvalue weighted by Crippen LogP contribution is 2.15. The largest absolute Gasteiger partial charge is 0.560 e. The van der Waals surface area contributed by atoms with Gasteiger partial charge in [-0.3, -0.25) is 47.6 Å². The zero-order valence-electron chi connectivity index (χ0n) is 22.4. The van der Waals surface area contributed by atoms with Crippen molar-refractivity contribution < 1.29 is 57.6 Å². The first kappa shape index (κ1) is 33.5. The molecule has 0 unspecified atom stereocenters. The third-order valence-electron chi connectivity index (χ3n) is 4.08. The summed E-state index contributed by atoms with van der Waals surface area (Å²) in [6, 6.07) is -0.190. The average molecular weight is 578 g/mol. The monoisotopic (exact) mass is 578 g/mol. The van der Waals surface area contributed by atoms with Crippen LogP contribution in [0.2, 0.25) is 0 Å². The van der Waals surface area contributed by atoms with Gasteiger partial charge in [0, 0.05) is 64.3 Å². The SMILES string of the molecule is CC(=O)OC(C)=O.CC(C)=O.O=C(ON1C(=O)CCC1=O)ON1C(=O)CCC1=O.O=C(n1ccnc1)n1ccnc1. The molecule has 18 nitrogen and oxygen atoms in total. The maximum absolute atomic E-state index is 11.4. The minimum Gasteiger partial charge on any atom is -0.394 e. The molecule has 220 valence electrons. The molecule has 0 spiro atoms. The Morgan fingerprint density at radius 3 is 1.17 bits per heavy atom. The number of Topliss-reactive ketones (excluding diaryl/α,β-unsaturated/α-hetero) is 1. The maximum atomic E-state index is 11.4. The van der Waals surface area contributed by atoms with E-state index in [9.17, 15) is 43.2 Å². The first-order valence-corrected chi connectivity index (χ1v) is 11.5. The number of carbonyl (C=O) groups is 9. The van der Waals surface area contributed by atoms with Crippen molar-refractivity contribution in [3.05, 3.63) is 37.4 Å². The third-order valence-corrected chi connectivity index (χ3v) is 4.08. The van der Waals surface area contributed by atoms with Gasteiger partial charge >= 0.3 is 24.1 Å². The summed E-state index contributed by atoms with van der Waals surface area (Å²) in [7, 11) is 0. The van der Waals surface area contributed by atoms with Gasteiger partial charge in [-0.1, -0.05) is 10.1 Å². The Morgan fingerprint density at radius 1 is 0.634 bits per heavy atom. The first-order valence-electron chi connectivity index (χ1n) is 11.5. The number of hydroxylamine groups is 4.